The van der Waals surface area contributed by atoms with Gasteiger partial charge in [-0.1, -0.05) is 23.2 Å². The smallest absolute Gasteiger partial charge is 0.270 e. The summed E-state index contributed by atoms with van der Waals surface area (Å²) < 4.78 is 25.1. The molecule has 1 aromatic rings. The van der Waals surface area contributed by atoms with Crippen LogP contribution in [0.2, 0.25) is 8.67 Å². The summed E-state index contributed by atoms with van der Waals surface area (Å²) in [6.45, 7) is 1.00. The average molecular weight is 247 g/mol. The molecule has 1 atom stereocenters. The van der Waals surface area contributed by atoms with Crippen LogP contribution >= 0.6 is 34.5 Å². The van der Waals surface area contributed by atoms with E-state index in [1.165, 1.54) is 6.07 Å². The molecule has 0 amide bonds. The molecule has 1 heterocycles. The summed E-state index contributed by atoms with van der Waals surface area (Å²) in [7, 11) is 0. The van der Waals surface area contributed by atoms with E-state index >= 15 is 0 Å². The van der Waals surface area contributed by atoms with E-state index in [9.17, 15) is 13.9 Å². The van der Waals surface area contributed by atoms with Crippen LogP contribution in [0.5, 0.6) is 0 Å². The van der Waals surface area contributed by atoms with Crippen molar-refractivity contribution in [2.45, 2.75) is 19.0 Å². The Bertz CT molecular complexity index is 311. The third kappa shape index (κ3) is 2.13. The maximum absolute atomic E-state index is 12.3. The molecule has 1 nitrogen and oxygen atoms in total. The fourth-order valence-electron chi connectivity index (χ4n) is 0.803. The Labute approximate surface area is 87.9 Å². The van der Waals surface area contributed by atoms with E-state index in [4.69, 9.17) is 23.2 Å². The van der Waals surface area contributed by atoms with Crippen molar-refractivity contribution in [3.8, 4) is 0 Å². The molecule has 0 aliphatic rings. The highest BCUT2D eigenvalue weighted by molar-refractivity contribution is 7.20. The van der Waals surface area contributed by atoms with Gasteiger partial charge in [-0.15, -0.1) is 11.3 Å². The molecule has 0 aliphatic carbocycles. The Morgan fingerprint density at radius 1 is 1.54 bits per heavy atom. The van der Waals surface area contributed by atoms with Crippen molar-refractivity contribution in [2.24, 2.45) is 0 Å². The zero-order valence-electron chi connectivity index (χ0n) is 6.52. The minimum Gasteiger partial charge on any atom is -0.379 e. The van der Waals surface area contributed by atoms with E-state index in [1.807, 2.05) is 0 Å². The van der Waals surface area contributed by atoms with Gasteiger partial charge in [0, 0.05) is 5.56 Å². The first kappa shape index (κ1) is 11.2. The van der Waals surface area contributed by atoms with Gasteiger partial charge >= 0.3 is 0 Å². The van der Waals surface area contributed by atoms with Crippen LogP contribution in [0.4, 0.5) is 8.78 Å². The summed E-state index contributed by atoms with van der Waals surface area (Å²) in [5, 5.41) is 9.37. The lowest BCUT2D eigenvalue weighted by Crippen LogP contribution is -2.30. The molecular formula is C7H6Cl2F2OS. The Kier molecular flexibility index (Phi) is 3.17. The maximum Gasteiger partial charge on any atom is 0.270 e. The second kappa shape index (κ2) is 3.69. The van der Waals surface area contributed by atoms with Crippen molar-refractivity contribution in [3.05, 3.63) is 20.3 Å². The Morgan fingerprint density at radius 2 is 2.08 bits per heavy atom. The first-order valence-electron chi connectivity index (χ1n) is 3.31. The van der Waals surface area contributed by atoms with E-state index in [0.717, 1.165) is 18.3 Å². The van der Waals surface area contributed by atoms with Crippen LogP contribution in [-0.2, 0) is 5.60 Å². The number of aliphatic hydroxyl groups is 1. The van der Waals surface area contributed by atoms with Gasteiger partial charge in [0.05, 0.1) is 4.34 Å². The molecule has 0 aromatic carbocycles. The van der Waals surface area contributed by atoms with Gasteiger partial charge in [0.2, 0.25) is 0 Å². The molecule has 0 saturated heterocycles. The van der Waals surface area contributed by atoms with Gasteiger partial charge in [0.15, 0.2) is 0 Å². The summed E-state index contributed by atoms with van der Waals surface area (Å²) >= 11 is 12.1. The summed E-state index contributed by atoms with van der Waals surface area (Å²) in [5.41, 5.74) is -2.26. The highest BCUT2D eigenvalue weighted by atomic mass is 35.5. The summed E-state index contributed by atoms with van der Waals surface area (Å²) in [6, 6.07) is 1.25. The summed E-state index contributed by atoms with van der Waals surface area (Å²) in [5.74, 6) is 0. The lowest BCUT2D eigenvalue weighted by atomic mass is 10.0. The lowest BCUT2D eigenvalue weighted by Gasteiger charge is -2.21. The second-order valence-corrected chi connectivity index (χ2v) is 4.97. The molecule has 1 N–H and O–H groups in total. The SMILES string of the molecule is CC(O)(c1cc(Cl)sc1Cl)C(F)F. The van der Waals surface area contributed by atoms with E-state index in [-0.39, 0.29) is 14.2 Å². The first-order valence-corrected chi connectivity index (χ1v) is 4.88. The maximum atomic E-state index is 12.3. The van der Waals surface area contributed by atoms with Crippen LogP contribution in [0, 0.1) is 0 Å². The number of rotatable bonds is 2. The number of hydrogen-bond acceptors (Lipinski definition) is 2. The molecule has 0 radical (unpaired) electrons. The zero-order chi connectivity index (χ0) is 10.2. The Hall–Kier alpha value is 0.1000. The largest absolute Gasteiger partial charge is 0.379 e. The Balaban J connectivity index is 3.13. The normalized spacial score (nSPS) is 16.2. The third-order valence-corrected chi connectivity index (χ3v) is 3.11. The Morgan fingerprint density at radius 3 is 2.38 bits per heavy atom. The lowest BCUT2D eigenvalue weighted by molar-refractivity contribution is -0.0880. The molecule has 74 valence electrons. The molecular weight excluding hydrogens is 241 g/mol. The van der Waals surface area contributed by atoms with Crippen molar-refractivity contribution in [1.29, 1.82) is 0 Å². The molecule has 0 spiro atoms. The van der Waals surface area contributed by atoms with Gasteiger partial charge in [-0.25, -0.2) is 8.78 Å². The van der Waals surface area contributed by atoms with E-state index in [1.54, 1.807) is 0 Å². The molecule has 1 aromatic heterocycles. The highest BCUT2D eigenvalue weighted by Crippen LogP contribution is 2.40. The van der Waals surface area contributed by atoms with Crippen LogP contribution in [0.3, 0.4) is 0 Å². The molecule has 1 unspecified atom stereocenters. The number of alkyl halides is 2. The molecule has 0 bridgehead atoms. The van der Waals surface area contributed by atoms with Crippen LogP contribution in [0.1, 0.15) is 12.5 Å². The van der Waals surface area contributed by atoms with Crippen molar-refractivity contribution < 1.29 is 13.9 Å². The van der Waals surface area contributed by atoms with Crippen molar-refractivity contribution in [3.63, 3.8) is 0 Å². The van der Waals surface area contributed by atoms with Crippen molar-refractivity contribution >= 4 is 34.5 Å². The van der Waals surface area contributed by atoms with E-state index in [2.05, 4.69) is 0 Å². The van der Waals surface area contributed by atoms with Gasteiger partial charge < -0.3 is 5.11 Å². The third-order valence-electron chi connectivity index (χ3n) is 1.63. The first-order chi connectivity index (χ1) is 5.85. The highest BCUT2D eigenvalue weighted by Gasteiger charge is 2.37. The molecule has 0 fully saturated rings. The number of thiophene rings is 1. The predicted octanol–water partition coefficient (Wildman–Crippen LogP) is 3.53. The van der Waals surface area contributed by atoms with Gasteiger partial charge in [0.1, 0.15) is 9.94 Å². The summed E-state index contributed by atoms with van der Waals surface area (Å²) in [4.78, 5) is 0. The fraction of sp³-hybridized carbons (Fsp3) is 0.429. The van der Waals surface area contributed by atoms with Gasteiger partial charge in [0.25, 0.3) is 6.43 Å². The van der Waals surface area contributed by atoms with Crippen molar-refractivity contribution in [2.75, 3.05) is 0 Å². The number of hydrogen-bond donors (Lipinski definition) is 1. The second-order valence-electron chi connectivity index (χ2n) is 2.69. The van der Waals surface area contributed by atoms with Crippen LogP contribution in [0.25, 0.3) is 0 Å². The molecule has 0 aliphatic heterocycles. The standard InChI is InChI=1S/C7H6Cl2F2OS/c1-7(12,6(10)11)3-2-4(8)13-5(3)9/h2,6,12H,1H3. The molecule has 6 heteroatoms. The van der Waals surface area contributed by atoms with E-state index in [0.29, 0.717) is 0 Å². The zero-order valence-corrected chi connectivity index (χ0v) is 8.85. The fourth-order valence-corrected chi connectivity index (χ4v) is 2.48. The molecule has 13 heavy (non-hydrogen) atoms. The predicted molar refractivity (Wildman–Crippen MR) is 49.9 cm³/mol. The van der Waals surface area contributed by atoms with Gasteiger partial charge in [-0.05, 0) is 13.0 Å². The molecule has 1 rings (SSSR count). The van der Waals surface area contributed by atoms with Crippen molar-refractivity contribution in [1.82, 2.24) is 0 Å². The van der Waals surface area contributed by atoms with Crippen LogP contribution in [0.15, 0.2) is 6.07 Å². The quantitative estimate of drug-likeness (QED) is 0.847. The minimum atomic E-state index is -2.89. The van der Waals surface area contributed by atoms with Crippen LogP contribution < -0.4 is 0 Å². The van der Waals surface area contributed by atoms with Gasteiger partial charge in [-0.3, -0.25) is 0 Å². The summed E-state index contributed by atoms with van der Waals surface area (Å²) in [6.07, 6.45) is -2.89. The van der Waals surface area contributed by atoms with Gasteiger partial charge in [-0.2, -0.15) is 0 Å². The van der Waals surface area contributed by atoms with E-state index < -0.39 is 12.0 Å². The molecule has 0 saturated carbocycles. The minimum absolute atomic E-state index is 0.0285. The van der Waals surface area contributed by atoms with Crippen LogP contribution in [-0.4, -0.2) is 11.5 Å². The topological polar surface area (TPSA) is 20.2 Å². The monoisotopic (exact) mass is 246 g/mol. The number of halogens is 4. The average Bonchev–Trinajstić information content (AvgIpc) is 2.30.